The molecule has 2 bridgehead atoms. The maximum atomic E-state index is 11.4. The predicted octanol–water partition coefficient (Wildman–Crippen LogP) is 1.74. The first kappa shape index (κ1) is 7.14. The van der Waals surface area contributed by atoms with Crippen molar-refractivity contribution < 1.29 is 9.53 Å². The molecule has 2 nitrogen and oxygen atoms in total. The molecular weight excluding hydrogens is 140 g/mol. The predicted molar refractivity (Wildman–Crippen MR) is 41.0 cm³/mol. The van der Waals surface area contributed by atoms with Crippen molar-refractivity contribution in [2.45, 2.75) is 39.2 Å². The molecule has 1 aliphatic heterocycles. The second-order valence-electron chi connectivity index (χ2n) is 4.54. The van der Waals surface area contributed by atoms with Crippen LogP contribution in [0, 0.1) is 11.3 Å². The molecule has 0 amide bonds. The van der Waals surface area contributed by atoms with E-state index in [4.69, 9.17) is 4.74 Å². The third-order valence-electron chi connectivity index (χ3n) is 3.37. The number of ether oxygens (including phenoxy) is 1. The van der Waals surface area contributed by atoms with Crippen LogP contribution in [-0.4, -0.2) is 11.6 Å². The highest BCUT2D eigenvalue weighted by atomic mass is 16.6. The van der Waals surface area contributed by atoms with Gasteiger partial charge in [0.25, 0.3) is 0 Å². The van der Waals surface area contributed by atoms with Gasteiger partial charge in [-0.25, -0.2) is 0 Å². The van der Waals surface area contributed by atoms with Crippen LogP contribution in [0.3, 0.4) is 0 Å². The summed E-state index contributed by atoms with van der Waals surface area (Å²) in [6, 6.07) is 0. The van der Waals surface area contributed by atoms with Crippen molar-refractivity contribution in [2.75, 3.05) is 0 Å². The van der Waals surface area contributed by atoms with Crippen LogP contribution < -0.4 is 0 Å². The molecule has 1 heterocycles. The number of carbonyl (C=O) groups excluding carboxylic acids is 1. The van der Waals surface area contributed by atoms with E-state index in [0.717, 1.165) is 12.8 Å². The molecule has 0 spiro atoms. The van der Waals surface area contributed by atoms with Crippen molar-refractivity contribution in [3.05, 3.63) is 0 Å². The van der Waals surface area contributed by atoms with Gasteiger partial charge in [0.2, 0.25) is 0 Å². The summed E-state index contributed by atoms with van der Waals surface area (Å²) in [6.07, 6.45) is 1.95. The minimum atomic E-state index is -0.172. The second-order valence-corrected chi connectivity index (χ2v) is 4.54. The average Bonchev–Trinajstić information content (AvgIpc) is 2.14. The lowest BCUT2D eigenvalue weighted by Gasteiger charge is -2.28. The molecule has 1 saturated carbocycles. The second kappa shape index (κ2) is 1.62. The van der Waals surface area contributed by atoms with Crippen molar-refractivity contribution in [1.29, 1.82) is 0 Å². The Morgan fingerprint density at radius 1 is 1.55 bits per heavy atom. The first-order valence-electron chi connectivity index (χ1n) is 4.20. The largest absolute Gasteiger partial charge is 0.459 e. The highest BCUT2D eigenvalue weighted by molar-refractivity contribution is 5.80. The van der Waals surface area contributed by atoms with Gasteiger partial charge in [-0.3, -0.25) is 4.79 Å². The Labute approximate surface area is 66.9 Å². The zero-order chi connectivity index (χ0) is 8.28. The van der Waals surface area contributed by atoms with Gasteiger partial charge in [-0.05, 0) is 26.2 Å². The molecule has 62 valence electrons. The van der Waals surface area contributed by atoms with Crippen LogP contribution in [0.5, 0.6) is 0 Å². The van der Waals surface area contributed by atoms with Gasteiger partial charge in [0, 0.05) is 6.42 Å². The Balaban J connectivity index is 2.40. The minimum absolute atomic E-state index is 0.0127. The highest BCUT2D eigenvalue weighted by Gasteiger charge is 2.61. The van der Waals surface area contributed by atoms with E-state index >= 15 is 0 Å². The minimum Gasteiger partial charge on any atom is -0.459 e. The summed E-state index contributed by atoms with van der Waals surface area (Å²) in [7, 11) is 0. The van der Waals surface area contributed by atoms with E-state index in [-0.39, 0.29) is 17.0 Å². The Morgan fingerprint density at radius 3 is 2.45 bits per heavy atom. The monoisotopic (exact) mass is 154 g/mol. The molecular formula is C9H14O2. The van der Waals surface area contributed by atoms with Crippen LogP contribution in [0.25, 0.3) is 0 Å². The van der Waals surface area contributed by atoms with Gasteiger partial charge in [0.1, 0.15) is 5.60 Å². The molecule has 0 aromatic rings. The van der Waals surface area contributed by atoms with E-state index in [1.807, 2.05) is 13.8 Å². The van der Waals surface area contributed by atoms with E-state index in [9.17, 15) is 4.79 Å². The van der Waals surface area contributed by atoms with Gasteiger partial charge in [-0.1, -0.05) is 6.92 Å². The Hall–Kier alpha value is -0.530. The third kappa shape index (κ3) is 0.700. The molecule has 2 rings (SSSR count). The van der Waals surface area contributed by atoms with E-state index in [0.29, 0.717) is 5.92 Å². The zero-order valence-corrected chi connectivity index (χ0v) is 7.31. The SMILES string of the molecule is CC1CC2(C)CC1(C)C(=O)O2. The molecule has 2 aliphatic rings. The lowest BCUT2D eigenvalue weighted by Crippen LogP contribution is -2.33. The fourth-order valence-electron chi connectivity index (χ4n) is 2.59. The van der Waals surface area contributed by atoms with Gasteiger partial charge < -0.3 is 4.74 Å². The van der Waals surface area contributed by atoms with Crippen LogP contribution in [0.4, 0.5) is 0 Å². The quantitative estimate of drug-likeness (QED) is 0.497. The number of esters is 1. The maximum absolute atomic E-state index is 11.4. The van der Waals surface area contributed by atoms with Gasteiger partial charge >= 0.3 is 5.97 Å². The molecule has 2 fully saturated rings. The van der Waals surface area contributed by atoms with Crippen molar-refractivity contribution in [2.24, 2.45) is 11.3 Å². The summed E-state index contributed by atoms with van der Waals surface area (Å²) in [5.41, 5.74) is -0.306. The Kier molecular flexibility index (Phi) is 1.05. The van der Waals surface area contributed by atoms with Gasteiger partial charge in [0.05, 0.1) is 5.41 Å². The average molecular weight is 154 g/mol. The van der Waals surface area contributed by atoms with E-state index in [1.54, 1.807) is 0 Å². The first-order valence-corrected chi connectivity index (χ1v) is 4.20. The highest BCUT2D eigenvalue weighted by Crippen LogP contribution is 2.56. The standard InChI is InChI=1S/C9H14O2/c1-6-4-8(2)5-9(6,3)7(10)11-8/h6H,4-5H2,1-3H3. The van der Waals surface area contributed by atoms with Crippen molar-refractivity contribution in [1.82, 2.24) is 0 Å². The first-order chi connectivity index (χ1) is 4.96. The number of rotatable bonds is 0. The maximum Gasteiger partial charge on any atom is 0.312 e. The smallest absolute Gasteiger partial charge is 0.312 e. The Bertz CT molecular complexity index is 224. The lowest BCUT2D eigenvalue weighted by molar-refractivity contribution is -0.161. The normalized spacial score (nSPS) is 54.8. The molecule has 2 heteroatoms. The summed E-state index contributed by atoms with van der Waals surface area (Å²) in [6.45, 7) is 6.21. The van der Waals surface area contributed by atoms with Crippen LogP contribution >= 0.6 is 0 Å². The van der Waals surface area contributed by atoms with Crippen LogP contribution in [0.2, 0.25) is 0 Å². The lowest BCUT2D eigenvalue weighted by atomic mass is 9.81. The molecule has 3 atom stereocenters. The summed E-state index contributed by atoms with van der Waals surface area (Å²) in [5.74, 6) is 0.507. The number of fused-ring (bicyclic) bond motifs is 2. The van der Waals surface area contributed by atoms with Gasteiger partial charge in [-0.15, -0.1) is 0 Å². The fraction of sp³-hybridized carbons (Fsp3) is 0.889. The topological polar surface area (TPSA) is 26.3 Å². The fourth-order valence-corrected chi connectivity index (χ4v) is 2.59. The van der Waals surface area contributed by atoms with Crippen molar-refractivity contribution in [3.63, 3.8) is 0 Å². The van der Waals surface area contributed by atoms with E-state index < -0.39 is 0 Å². The van der Waals surface area contributed by atoms with E-state index in [1.165, 1.54) is 0 Å². The van der Waals surface area contributed by atoms with Gasteiger partial charge in [0.15, 0.2) is 0 Å². The summed E-state index contributed by atoms with van der Waals surface area (Å²) >= 11 is 0. The van der Waals surface area contributed by atoms with Crippen LogP contribution in [0.1, 0.15) is 33.6 Å². The van der Waals surface area contributed by atoms with Crippen LogP contribution in [-0.2, 0) is 9.53 Å². The zero-order valence-electron chi connectivity index (χ0n) is 7.31. The number of carbonyl (C=O) groups is 1. The molecule has 11 heavy (non-hydrogen) atoms. The summed E-state index contributed by atoms with van der Waals surface area (Å²) in [4.78, 5) is 11.4. The van der Waals surface area contributed by atoms with Crippen molar-refractivity contribution >= 4 is 5.97 Å². The van der Waals surface area contributed by atoms with Crippen molar-refractivity contribution in [3.8, 4) is 0 Å². The molecule has 0 aromatic heterocycles. The molecule has 1 saturated heterocycles. The molecule has 0 N–H and O–H groups in total. The number of hydrogen-bond acceptors (Lipinski definition) is 2. The molecule has 0 radical (unpaired) electrons. The molecule has 1 aliphatic carbocycles. The summed E-state index contributed by atoms with van der Waals surface area (Å²) < 4.78 is 5.28. The van der Waals surface area contributed by atoms with Gasteiger partial charge in [-0.2, -0.15) is 0 Å². The summed E-state index contributed by atoms with van der Waals surface area (Å²) in [5, 5.41) is 0. The molecule has 0 aromatic carbocycles. The third-order valence-corrected chi connectivity index (χ3v) is 3.37. The van der Waals surface area contributed by atoms with E-state index in [2.05, 4.69) is 6.92 Å². The Morgan fingerprint density at radius 2 is 2.18 bits per heavy atom. The molecule has 3 unspecified atom stereocenters. The van der Waals surface area contributed by atoms with Crippen LogP contribution in [0.15, 0.2) is 0 Å². The number of hydrogen-bond donors (Lipinski definition) is 0.